The van der Waals surface area contributed by atoms with Gasteiger partial charge in [0.2, 0.25) is 0 Å². The first-order valence-corrected chi connectivity index (χ1v) is 8.19. The van der Waals surface area contributed by atoms with Crippen LogP contribution in [0.3, 0.4) is 0 Å². The van der Waals surface area contributed by atoms with Crippen LogP contribution in [-0.4, -0.2) is 10.9 Å². The number of nitrogens with zero attached hydrogens (tertiary/aromatic N) is 1. The Labute approximate surface area is 147 Å². The molecule has 4 nitrogen and oxygen atoms in total. The molecule has 0 aliphatic rings. The summed E-state index contributed by atoms with van der Waals surface area (Å²) < 4.78 is 0. The summed E-state index contributed by atoms with van der Waals surface area (Å²) in [7, 11) is 0. The molecule has 0 bridgehead atoms. The predicted molar refractivity (Wildman–Crippen MR) is 103 cm³/mol. The molecule has 126 valence electrons. The average molecular weight is 331 g/mol. The fourth-order valence-corrected chi connectivity index (χ4v) is 2.53. The molecule has 0 unspecified atom stereocenters. The minimum absolute atomic E-state index is 0.175. The molecule has 0 fully saturated rings. The van der Waals surface area contributed by atoms with Crippen LogP contribution in [-0.2, 0) is 0 Å². The number of pyridine rings is 1. The van der Waals surface area contributed by atoms with Gasteiger partial charge in [-0.25, -0.2) is 0 Å². The second kappa shape index (κ2) is 7.18. The number of para-hydroxylation sites is 1. The molecule has 0 radical (unpaired) electrons. The van der Waals surface area contributed by atoms with E-state index in [1.54, 1.807) is 18.5 Å². The first-order valence-electron chi connectivity index (χ1n) is 8.19. The van der Waals surface area contributed by atoms with Gasteiger partial charge in [0.15, 0.2) is 0 Å². The third-order valence-corrected chi connectivity index (χ3v) is 4.19. The molecule has 0 spiro atoms. The highest BCUT2D eigenvalue weighted by molar-refractivity contribution is 6.05. The summed E-state index contributed by atoms with van der Waals surface area (Å²) in [4.78, 5) is 16.7. The van der Waals surface area contributed by atoms with Crippen molar-refractivity contribution in [1.82, 2.24) is 4.98 Å². The lowest BCUT2D eigenvalue weighted by Gasteiger charge is -2.11. The zero-order valence-electron chi connectivity index (χ0n) is 14.6. The second-order valence-corrected chi connectivity index (χ2v) is 6.16. The lowest BCUT2D eigenvalue weighted by atomic mass is 10.1. The molecule has 1 heterocycles. The first kappa shape index (κ1) is 16.7. The van der Waals surface area contributed by atoms with E-state index in [1.165, 1.54) is 11.1 Å². The van der Waals surface area contributed by atoms with Gasteiger partial charge in [-0.3, -0.25) is 9.78 Å². The molecular weight excluding hydrogens is 310 g/mol. The summed E-state index contributed by atoms with van der Waals surface area (Å²) in [5, 5.41) is 6.23. The number of aromatic nitrogens is 1. The van der Waals surface area contributed by atoms with Crippen molar-refractivity contribution in [3.05, 3.63) is 83.2 Å². The van der Waals surface area contributed by atoms with Gasteiger partial charge in [-0.1, -0.05) is 24.3 Å². The Hall–Kier alpha value is -3.14. The average Bonchev–Trinajstić information content (AvgIpc) is 2.60. The highest BCUT2D eigenvalue weighted by Crippen LogP contribution is 2.20. The fraction of sp³-hybridized carbons (Fsp3) is 0.143. The molecule has 3 aromatic rings. The Kier molecular flexibility index (Phi) is 4.80. The molecule has 0 saturated carbocycles. The van der Waals surface area contributed by atoms with Gasteiger partial charge in [-0.2, -0.15) is 0 Å². The van der Waals surface area contributed by atoms with Crippen LogP contribution in [0.5, 0.6) is 0 Å². The Morgan fingerprint density at radius 1 is 0.840 bits per heavy atom. The van der Waals surface area contributed by atoms with Crippen molar-refractivity contribution >= 4 is 23.0 Å². The third-order valence-electron chi connectivity index (χ3n) is 4.19. The molecule has 0 saturated heterocycles. The third kappa shape index (κ3) is 4.04. The molecule has 1 amide bonds. The second-order valence-electron chi connectivity index (χ2n) is 6.16. The van der Waals surface area contributed by atoms with Gasteiger partial charge in [0.1, 0.15) is 0 Å². The van der Waals surface area contributed by atoms with Crippen LogP contribution in [0.4, 0.5) is 17.1 Å². The topological polar surface area (TPSA) is 54.0 Å². The van der Waals surface area contributed by atoms with Crippen molar-refractivity contribution in [2.75, 3.05) is 10.6 Å². The van der Waals surface area contributed by atoms with Crippen molar-refractivity contribution < 1.29 is 4.79 Å². The number of carbonyl (C=O) groups excluding carboxylic acids is 1. The smallest absolute Gasteiger partial charge is 0.257 e. The van der Waals surface area contributed by atoms with Gasteiger partial charge in [-0.05, 0) is 61.7 Å². The quantitative estimate of drug-likeness (QED) is 0.707. The Balaban J connectivity index is 1.77. The van der Waals surface area contributed by atoms with Crippen LogP contribution < -0.4 is 10.6 Å². The first-order chi connectivity index (χ1) is 12.0. The van der Waals surface area contributed by atoms with Gasteiger partial charge >= 0.3 is 0 Å². The number of aryl methyl sites for hydroxylation is 3. The SMILES string of the molecule is Cc1ccc(Nc2cncc(C(=O)Nc3ccccc3C)c2)cc1C. The van der Waals surface area contributed by atoms with Gasteiger partial charge in [0.25, 0.3) is 5.91 Å². The summed E-state index contributed by atoms with van der Waals surface area (Å²) in [5.41, 5.74) is 6.55. The van der Waals surface area contributed by atoms with E-state index >= 15 is 0 Å². The largest absolute Gasteiger partial charge is 0.354 e. The van der Waals surface area contributed by atoms with E-state index in [-0.39, 0.29) is 5.91 Å². The molecule has 2 aromatic carbocycles. The number of nitrogens with one attached hydrogen (secondary N) is 2. The van der Waals surface area contributed by atoms with E-state index in [4.69, 9.17) is 0 Å². The monoisotopic (exact) mass is 331 g/mol. The number of rotatable bonds is 4. The number of hydrogen-bond acceptors (Lipinski definition) is 3. The minimum Gasteiger partial charge on any atom is -0.354 e. The molecular formula is C21H21N3O. The Morgan fingerprint density at radius 3 is 2.40 bits per heavy atom. The van der Waals surface area contributed by atoms with E-state index in [1.807, 2.05) is 37.3 Å². The molecule has 3 rings (SSSR count). The van der Waals surface area contributed by atoms with E-state index in [9.17, 15) is 4.79 Å². The van der Waals surface area contributed by atoms with Gasteiger partial charge < -0.3 is 10.6 Å². The van der Waals surface area contributed by atoms with Crippen LogP contribution in [0.1, 0.15) is 27.0 Å². The summed E-state index contributed by atoms with van der Waals surface area (Å²) in [5.74, 6) is -0.175. The molecule has 0 aliphatic heterocycles. The number of benzene rings is 2. The zero-order valence-corrected chi connectivity index (χ0v) is 14.6. The summed E-state index contributed by atoms with van der Waals surface area (Å²) in [6, 6.07) is 15.7. The van der Waals surface area contributed by atoms with Crippen molar-refractivity contribution in [3.8, 4) is 0 Å². The molecule has 25 heavy (non-hydrogen) atoms. The van der Waals surface area contributed by atoms with Crippen molar-refractivity contribution in [2.45, 2.75) is 20.8 Å². The standard InChI is InChI=1S/C21H21N3O/c1-14-8-9-18(10-16(14)3)23-19-11-17(12-22-13-19)21(25)24-20-7-5-4-6-15(20)2/h4-13,23H,1-3H3,(H,24,25). The van der Waals surface area contributed by atoms with Crippen molar-refractivity contribution in [2.24, 2.45) is 0 Å². The Morgan fingerprint density at radius 2 is 1.64 bits per heavy atom. The van der Waals surface area contributed by atoms with Crippen LogP contribution >= 0.6 is 0 Å². The minimum atomic E-state index is -0.175. The van der Waals surface area contributed by atoms with E-state index < -0.39 is 0 Å². The number of carbonyl (C=O) groups is 1. The van der Waals surface area contributed by atoms with Crippen LogP contribution in [0.25, 0.3) is 0 Å². The molecule has 0 atom stereocenters. The van der Waals surface area contributed by atoms with Crippen molar-refractivity contribution in [3.63, 3.8) is 0 Å². The lowest BCUT2D eigenvalue weighted by Crippen LogP contribution is -2.13. The molecule has 4 heteroatoms. The number of hydrogen-bond donors (Lipinski definition) is 2. The van der Waals surface area contributed by atoms with Gasteiger partial charge in [0, 0.05) is 17.6 Å². The maximum atomic E-state index is 12.5. The Bertz CT molecular complexity index is 919. The van der Waals surface area contributed by atoms with Gasteiger partial charge in [0.05, 0.1) is 17.4 Å². The van der Waals surface area contributed by atoms with Crippen LogP contribution in [0, 0.1) is 20.8 Å². The maximum Gasteiger partial charge on any atom is 0.257 e. The van der Waals surface area contributed by atoms with Crippen LogP contribution in [0.2, 0.25) is 0 Å². The molecule has 0 aliphatic carbocycles. The molecule has 2 N–H and O–H groups in total. The van der Waals surface area contributed by atoms with Gasteiger partial charge in [-0.15, -0.1) is 0 Å². The van der Waals surface area contributed by atoms with Crippen molar-refractivity contribution in [1.29, 1.82) is 0 Å². The molecule has 1 aromatic heterocycles. The lowest BCUT2D eigenvalue weighted by molar-refractivity contribution is 0.102. The van der Waals surface area contributed by atoms with Crippen LogP contribution in [0.15, 0.2) is 60.9 Å². The predicted octanol–water partition coefficient (Wildman–Crippen LogP) is 5.00. The normalized spacial score (nSPS) is 10.4. The fourth-order valence-electron chi connectivity index (χ4n) is 2.53. The number of anilines is 3. The maximum absolute atomic E-state index is 12.5. The van der Waals surface area contributed by atoms with E-state index in [0.717, 1.165) is 22.6 Å². The highest BCUT2D eigenvalue weighted by atomic mass is 16.1. The zero-order chi connectivity index (χ0) is 17.8. The van der Waals surface area contributed by atoms with E-state index in [2.05, 4.69) is 41.6 Å². The highest BCUT2D eigenvalue weighted by Gasteiger charge is 2.09. The summed E-state index contributed by atoms with van der Waals surface area (Å²) in [6.45, 7) is 6.12. The van der Waals surface area contributed by atoms with E-state index in [0.29, 0.717) is 5.56 Å². The number of amides is 1. The summed E-state index contributed by atoms with van der Waals surface area (Å²) in [6.07, 6.45) is 3.28. The summed E-state index contributed by atoms with van der Waals surface area (Å²) >= 11 is 0.